The predicted molar refractivity (Wildman–Crippen MR) is 86.8 cm³/mol. The first-order chi connectivity index (χ1) is 10.4. The summed E-state index contributed by atoms with van der Waals surface area (Å²) in [5.41, 5.74) is 1.10. The van der Waals surface area contributed by atoms with Crippen LogP contribution in [0.5, 0.6) is 5.75 Å². The fraction of sp³-hybridized carbons (Fsp3) is 0.529. The largest absolute Gasteiger partial charge is 0.497 e. The van der Waals surface area contributed by atoms with Gasteiger partial charge in [0.15, 0.2) is 0 Å². The Hall–Kier alpha value is -2.04. The minimum Gasteiger partial charge on any atom is -0.497 e. The molecule has 0 aliphatic heterocycles. The van der Waals surface area contributed by atoms with Crippen LogP contribution in [0.1, 0.15) is 26.3 Å². The van der Waals surface area contributed by atoms with Gasteiger partial charge in [0.25, 0.3) is 0 Å². The highest BCUT2D eigenvalue weighted by atomic mass is 16.5. The van der Waals surface area contributed by atoms with Crippen molar-refractivity contribution in [2.75, 3.05) is 26.7 Å². The number of nitrogens with one attached hydrogen (secondary N) is 1. The number of benzene rings is 1. The third kappa shape index (κ3) is 6.61. The normalized spacial score (nSPS) is 10.4. The van der Waals surface area contributed by atoms with Crippen LogP contribution in [-0.2, 0) is 16.0 Å². The lowest BCUT2D eigenvalue weighted by Gasteiger charge is -2.22. The summed E-state index contributed by atoms with van der Waals surface area (Å²) in [5.74, 6) is 0.951. The van der Waals surface area contributed by atoms with Crippen molar-refractivity contribution in [3.8, 4) is 5.75 Å². The van der Waals surface area contributed by atoms with Crippen molar-refractivity contribution in [2.24, 2.45) is 5.92 Å². The topological polar surface area (TPSA) is 58.6 Å². The fourth-order valence-corrected chi connectivity index (χ4v) is 2.15. The number of nitrogens with zero attached hydrogens (tertiary/aromatic N) is 1. The molecule has 0 fully saturated rings. The van der Waals surface area contributed by atoms with Gasteiger partial charge in [-0.3, -0.25) is 9.59 Å². The number of rotatable bonds is 8. The zero-order valence-electron chi connectivity index (χ0n) is 13.9. The molecule has 5 heteroatoms. The molecule has 0 spiro atoms. The average Bonchev–Trinajstić information content (AvgIpc) is 2.46. The van der Waals surface area contributed by atoms with E-state index in [1.165, 1.54) is 6.92 Å². The summed E-state index contributed by atoms with van der Waals surface area (Å²) in [6.45, 7) is 6.79. The Morgan fingerprint density at radius 3 is 2.64 bits per heavy atom. The third-order valence-electron chi connectivity index (χ3n) is 3.24. The van der Waals surface area contributed by atoms with Gasteiger partial charge in [-0.2, -0.15) is 0 Å². The second-order valence-corrected chi connectivity index (χ2v) is 5.74. The maximum absolute atomic E-state index is 11.9. The van der Waals surface area contributed by atoms with Gasteiger partial charge in [0, 0.05) is 20.0 Å². The SMILES string of the molecule is COc1cccc(CCNC(=O)CN(CC(C)C)C(C)=O)c1. The molecule has 0 saturated carbocycles. The third-order valence-corrected chi connectivity index (χ3v) is 3.24. The summed E-state index contributed by atoms with van der Waals surface area (Å²) in [4.78, 5) is 25.0. The van der Waals surface area contributed by atoms with Gasteiger partial charge in [-0.25, -0.2) is 0 Å². The molecule has 0 aliphatic carbocycles. The van der Waals surface area contributed by atoms with Crippen molar-refractivity contribution >= 4 is 11.8 Å². The number of hydrogen-bond acceptors (Lipinski definition) is 3. The van der Waals surface area contributed by atoms with E-state index in [9.17, 15) is 9.59 Å². The van der Waals surface area contributed by atoms with Crippen molar-refractivity contribution in [3.63, 3.8) is 0 Å². The number of amides is 2. The van der Waals surface area contributed by atoms with Crippen LogP contribution < -0.4 is 10.1 Å². The van der Waals surface area contributed by atoms with E-state index in [2.05, 4.69) is 5.32 Å². The molecular formula is C17H26N2O3. The van der Waals surface area contributed by atoms with Crippen molar-refractivity contribution in [3.05, 3.63) is 29.8 Å². The van der Waals surface area contributed by atoms with Gasteiger partial charge in [0.2, 0.25) is 11.8 Å². The molecule has 0 bridgehead atoms. The van der Waals surface area contributed by atoms with E-state index in [0.29, 0.717) is 19.0 Å². The number of ether oxygens (including phenoxy) is 1. The molecule has 1 N–H and O–H groups in total. The highest BCUT2D eigenvalue weighted by Crippen LogP contribution is 2.12. The second kappa shape index (κ2) is 9.07. The summed E-state index contributed by atoms with van der Waals surface area (Å²) >= 11 is 0. The molecule has 1 aromatic carbocycles. The van der Waals surface area contributed by atoms with Gasteiger partial charge in [0.1, 0.15) is 5.75 Å². The zero-order chi connectivity index (χ0) is 16.5. The van der Waals surface area contributed by atoms with Crippen LogP contribution in [0.2, 0.25) is 0 Å². The van der Waals surface area contributed by atoms with Gasteiger partial charge in [0.05, 0.1) is 13.7 Å². The zero-order valence-corrected chi connectivity index (χ0v) is 13.9. The van der Waals surface area contributed by atoms with E-state index in [4.69, 9.17) is 4.74 Å². The van der Waals surface area contributed by atoms with E-state index >= 15 is 0 Å². The van der Waals surface area contributed by atoms with Crippen LogP contribution in [0.15, 0.2) is 24.3 Å². The van der Waals surface area contributed by atoms with Crippen LogP contribution in [-0.4, -0.2) is 43.5 Å². The molecule has 0 radical (unpaired) electrons. The molecule has 0 unspecified atom stereocenters. The molecule has 1 aromatic rings. The van der Waals surface area contributed by atoms with Crippen LogP contribution in [0.4, 0.5) is 0 Å². The average molecular weight is 306 g/mol. The van der Waals surface area contributed by atoms with Crippen molar-refractivity contribution in [1.82, 2.24) is 10.2 Å². The monoisotopic (exact) mass is 306 g/mol. The Morgan fingerprint density at radius 1 is 1.32 bits per heavy atom. The Kier molecular flexibility index (Phi) is 7.43. The van der Waals surface area contributed by atoms with Gasteiger partial charge in [-0.05, 0) is 30.0 Å². The molecule has 0 atom stereocenters. The summed E-state index contributed by atoms with van der Waals surface area (Å²) in [6.07, 6.45) is 0.729. The molecule has 0 heterocycles. The Morgan fingerprint density at radius 2 is 2.05 bits per heavy atom. The maximum atomic E-state index is 11.9. The summed E-state index contributed by atoms with van der Waals surface area (Å²) in [7, 11) is 1.63. The second-order valence-electron chi connectivity index (χ2n) is 5.74. The number of methoxy groups -OCH3 is 1. The van der Waals surface area contributed by atoms with E-state index in [0.717, 1.165) is 17.7 Å². The van der Waals surface area contributed by atoms with Gasteiger partial charge >= 0.3 is 0 Å². The Bertz CT molecular complexity index is 500. The van der Waals surface area contributed by atoms with E-state index in [1.54, 1.807) is 12.0 Å². The number of hydrogen-bond donors (Lipinski definition) is 1. The smallest absolute Gasteiger partial charge is 0.239 e. The minimum absolute atomic E-state index is 0.0726. The fourth-order valence-electron chi connectivity index (χ4n) is 2.15. The summed E-state index contributed by atoms with van der Waals surface area (Å²) in [6, 6.07) is 7.76. The lowest BCUT2D eigenvalue weighted by atomic mass is 10.1. The lowest BCUT2D eigenvalue weighted by Crippen LogP contribution is -2.41. The molecule has 0 saturated heterocycles. The molecule has 1 rings (SSSR count). The van der Waals surface area contributed by atoms with Crippen molar-refractivity contribution in [1.29, 1.82) is 0 Å². The van der Waals surface area contributed by atoms with Crippen molar-refractivity contribution in [2.45, 2.75) is 27.2 Å². The molecule has 2 amide bonds. The molecular weight excluding hydrogens is 280 g/mol. The molecule has 0 aliphatic rings. The first-order valence-corrected chi connectivity index (χ1v) is 7.57. The maximum Gasteiger partial charge on any atom is 0.239 e. The summed E-state index contributed by atoms with van der Waals surface area (Å²) < 4.78 is 5.17. The Balaban J connectivity index is 2.40. The minimum atomic E-state index is -0.126. The number of carbonyl (C=O) groups is 2. The molecule has 0 aromatic heterocycles. The summed E-state index contributed by atoms with van der Waals surface area (Å²) in [5, 5.41) is 2.85. The lowest BCUT2D eigenvalue weighted by molar-refractivity contribution is -0.134. The quantitative estimate of drug-likeness (QED) is 0.797. The van der Waals surface area contributed by atoms with E-state index < -0.39 is 0 Å². The van der Waals surface area contributed by atoms with Gasteiger partial charge in [-0.15, -0.1) is 0 Å². The van der Waals surface area contributed by atoms with E-state index in [1.807, 2.05) is 38.1 Å². The van der Waals surface area contributed by atoms with Crippen LogP contribution in [0, 0.1) is 5.92 Å². The standard InChI is InChI=1S/C17H26N2O3/c1-13(2)11-19(14(3)20)12-17(21)18-9-8-15-6-5-7-16(10-15)22-4/h5-7,10,13H,8-9,11-12H2,1-4H3,(H,18,21). The first-order valence-electron chi connectivity index (χ1n) is 7.57. The Labute approximate surface area is 132 Å². The molecule has 122 valence electrons. The van der Waals surface area contributed by atoms with Crippen molar-refractivity contribution < 1.29 is 14.3 Å². The van der Waals surface area contributed by atoms with Crippen LogP contribution >= 0.6 is 0 Å². The first kappa shape index (κ1) is 18.0. The van der Waals surface area contributed by atoms with Gasteiger partial charge in [-0.1, -0.05) is 26.0 Å². The van der Waals surface area contributed by atoms with E-state index in [-0.39, 0.29) is 18.4 Å². The predicted octanol–water partition coefficient (Wildman–Crippen LogP) is 1.86. The molecule has 5 nitrogen and oxygen atoms in total. The highest BCUT2D eigenvalue weighted by molar-refractivity contribution is 5.83. The molecule has 22 heavy (non-hydrogen) atoms. The van der Waals surface area contributed by atoms with Crippen LogP contribution in [0.25, 0.3) is 0 Å². The highest BCUT2D eigenvalue weighted by Gasteiger charge is 2.14. The van der Waals surface area contributed by atoms with Gasteiger partial charge < -0.3 is 15.0 Å². The van der Waals surface area contributed by atoms with Crippen LogP contribution in [0.3, 0.4) is 0 Å². The number of carbonyl (C=O) groups excluding carboxylic acids is 2.